The Morgan fingerprint density at radius 1 is 0.706 bits per heavy atom. The standard InChI is InChI=1S/C28H30N2O4/c31-26(21-32-18-22-10-4-1-5-11-22)28(34-20-24-14-8-3-9-15-24)27(25-16-29-30-17-25)33-19-23-12-6-2-7-13-23/h1-17,26-28,31H,18-21H2,(H,29,30)/t26-,27-,28+/m1/s1. The van der Waals surface area contributed by atoms with E-state index >= 15 is 0 Å². The number of H-pyrrole nitrogens is 1. The van der Waals surface area contributed by atoms with Gasteiger partial charge in [-0.2, -0.15) is 5.10 Å². The summed E-state index contributed by atoms with van der Waals surface area (Å²) in [6.45, 7) is 1.23. The SMILES string of the molecule is O[C@H](COCc1ccccc1)[C@H](OCc1ccccc1)[C@H](OCc1ccccc1)c1cn[nH]c1. The fraction of sp³-hybridized carbons (Fsp3) is 0.250. The van der Waals surface area contributed by atoms with Gasteiger partial charge in [-0.15, -0.1) is 0 Å². The maximum absolute atomic E-state index is 11.2. The van der Waals surface area contributed by atoms with Crippen molar-refractivity contribution in [3.63, 3.8) is 0 Å². The lowest BCUT2D eigenvalue weighted by Gasteiger charge is -2.30. The number of hydrogen-bond acceptors (Lipinski definition) is 5. The van der Waals surface area contributed by atoms with E-state index in [0.717, 1.165) is 22.3 Å². The van der Waals surface area contributed by atoms with Crippen LogP contribution in [0, 0.1) is 0 Å². The van der Waals surface area contributed by atoms with Crippen LogP contribution in [0.3, 0.4) is 0 Å². The Hall–Kier alpha value is -3.29. The first-order valence-electron chi connectivity index (χ1n) is 11.4. The predicted molar refractivity (Wildman–Crippen MR) is 130 cm³/mol. The second kappa shape index (κ2) is 12.8. The van der Waals surface area contributed by atoms with Crippen LogP contribution in [0.1, 0.15) is 28.4 Å². The number of benzene rings is 3. The van der Waals surface area contributed by atoms with Gasteiger partial charge in [0.25, 0.3) is 0 Å². The Labute approximate surface area is 200 Å². The lowest BCUT2D eigenvalue weighted by molar-refractivity contribution is -0.149. The van der Waals surface area contributed by atoms with Crippen molar-refractivity contribution in [1.82, 2.24) is 10.2 Å². The van der Waals surface area contributed by atoms with Gasteiger partial charge in [-0.1, -0.05) is 91.0 Å². The number of aliphatic hydroxyl groups is 1. The summed E-state index contributed by atoms with van der Waals surface area (Å²) >= 11 is 0. The molecule has 0 saturated heterocycles. The molecule has 0 aliphatic rings. The molecule has 0 saturated carbocycles. The summed E-state index contributed by atoms with van der Waals surface area (Å²) in [6.07, 6.45) is 1.34. The number of ether oxygens (including phenoxy) is 3. The van der Waals surface area contributed by atoms with Gasteiger partial charge in [-0.25, -0.2) is 0 Å². The Kier molecular flexibility index (Phi) is 8.99. The first-order chi connectivity index (χ1) is 16.8. The van der Waals surface area contributed by atoms with Gasteiger partial charge in [-0.3, -0.25) is 5.10 Å². The maximum Gasteiger partial charge on any atom is 0.116 e. The van der Waals surface area contributed by atoms with E-state index in [9.17, 15) is 5.11 Å². The smallest absolute Gasteiger partial charge is 0.116 e. The monoisotopic (exact) mass is 458 g/mol. The zero-order valence-corrected chi connectivity index (χ0v) is 19.0. The average molecular weight is 459 g/mol. The van der Waals surface area contributed by atoms with Crippen LogP contribution in [-0.2, 0) is 34.0 Å². The van der Waals surface area contributed by atoms with Gasteiger partial charge in [0.2, 0.25) is 0 Å². The second-order valence-electron chi connectivity index (χ2n) is 8.08. The third-order valence-electron chi connectivity index (χ3n) is 5.48. The van der Waals surface area contributed by atoms with E-state index in [1.165, 1.54) is 0 Å². The molecule has 3 atom stereocenters. The fourth-order valence-electron chi connectivity index (χ4n) is 3.69. The van der Waals surface area contributed by atoms with Gasteiger partial charge in [-0.05, 0) is 16.7 Å². The first kappa shape index (κ1) is 23.9. The summed E-state index contributed by atoms with van der Waals surface area (Å²) in [5, 5.41) is 18.1. The van der Waals surface area contributed by atoms with Crippen LogP contribution in [0.5, 0.6) is 0 Å². The van der Waals surface area contributed by atoms with Crippen LogP contribution in [0.25, 0.3) is 0 Å². The molecule has 34 heavy (non-hydrogen) atoms. The van der Waals surface area contributed by atoms with E-state index < -0.39 is 18.3 Å². The third-order valence-corrected chi connectivity index (χ3v) is 5.48. The zero-order valence-electron chi connectivity index (χ0n) is 19.0. The number of nitrogens with zero attached hydrogens (tertiary/aromatic N) is 1. The summed E-state index contributed by atoms with van der Waals surface area (Å²) in [6, 6.07) is 29.7. The molecule has 1 aromatic heterocycles. The highest BCUT2D eigenvalue weighted by atomic mass is 16.6. The number of aromatic amines is 1. The molecule has 1 heterocycles. The molecule has 0 aliphatic carbocycles. The van der Waals surface area contributed by atoms with Crippen LogP contribution in [0.2, 0.25) is 0 Å². The normalized spacial score (nSPS) is 13.9. The van der Waals surface area contributed by atoms with E-state index in [1.807, 2.05) is 91.0 Å². The minimum absolute atomic E-state index is 0.109. The Morgan fingerprint density at radius 2 is 1.24 bits per heavy atom. The molecular weight excluding hydrogens is 428 g/mol. The van der Waals surface area contributed by atoms with E-state index in [2.05, 4.69) is 10.2 Å². The van der Waals surface area contributed by atoms with Crippen molar-refractivity contribution in [3.05, 3.63) is 126 Å². The summed E-state index contributed by atoms with van der Waals surface area (Å²) in [4.78, 5) is 0. The quantitative estimate of drug-likeness (QED) is 0.300. The summed E-state index contributed by atoms with van der Waals surface area (Å²) in [5.74, 6) is 0. The molecule has 176 valence electrons. The van der Waals surface area contributed by atoms with Gasteiger partial charge >= 0.3 is 0 Å². The summed E-state index contributed by atoms with van der Waals surface area (Å²) in [5.41, 5.74) is 3.89. The molecular formula is C28H30N2O4. The predicted octanol–water partition coefficient (Wildman–Crippen LogP) is 4.83. The van der Waals surface area contributed by atoms with Crippen LogP contribution in [0.4, 0.5) is 0 Å². The summed E-state index contributed by atoms with van der Waals surface area (Å²) in [7, 11) is 0. The Bertz CT molecular complexity index is 1060. The van der Waals surface area contributed by atoms with E-state index in [0.29, 0.717) is 19.8 Å². The van der Waals surface area contributed by atoms with Gasteiger partial charge in [0, 0.05) is 11.8 Å². The number of rotatable bonds is 13. The average Bonchev–Trinajstić information content (AvgIpc) is 3.42. The molecule has 4 aromatic rings. The molecule has 6 nitrogen and oxygen atoms in total. The molecule has 6 heteroatoms. The van der Waals surface area contributed by atoms with Crippen molar-refractivity contribution in [2.45, 2.75) is 38.1 Å². The first-order valence-corrected chi connectivity index (χ1v) is 11.4. The molecule has 4 rings (SSSR count). The largest absolute Gasteiger partial charge is 0.388 e. The zero-order chi connectivity index (χ0) is 23.4. The lowest BCUT2D eigenvalue weighted by Crippen LogP contribution is -2.39. The van der Waals surface area contributed by atoms with Crippen molar-refractivity contribution < 1.29 is 19.3 Å². The van der Waals surface area contributed by atoms with Crippen molar-refractivity contribution in [1.29, 1.82) is 0 Å². The molecule has 3 aromatic carbocycles. The molecule has 0 spiro atoms. The van der Waals surface area contributed by atoms with E-state index in [-0.39, 0.29) is 6.61 Å². The lowest BCUT2D eigenvalue weighted by atomic mass is 10.0. The number of hydrogen-bond donors (Lipinski definition) is 2. The van der Waals surface area contributed by atoms with E-state index in [4.69, 9.17) is 14.2 Å². The van der Waals surface area contributed by atoms with Crippen LogP contribution >= 0.6 is 0 Å². The molecule has 0 radical (unpaired) electrons. The molecule has 0 aliphatic heterocycles. The highest BCUT2D eigenvalue weighted by Gasteiger charge is 2.32. The van der Waals surface area contributed by atoms with E-state index in [1.54, 1.807) is 12.4 Å². The molecule has 0 amide bonds. The maximum atomic E-state index is 11.2. The van der Waals surface area contributed by atoms with Gasteiger partial charge < -0.3 is 19.3 Å². The molecule has 0 unspecified atom stereocenters. The molecule has 0 fully saturated rings. The number of nitrogens with one attached hydrogen (secondary N) is 1. The van der Waals surface area contributed by atoms with Crippen LogP contribution in [0.15, 0.2) is 103 Å². The highest BCUT2D eigenvalue weighted by Crippen LogP contribution is 2.28. The van der Waals surface area contributed by atoms with Crippen LogP contribution in [-0.4, -0.2) is 34.1 Å². The Balaban J connectivity index is 1.48. The van der Waals surface area contributed by atoms with Crippen molar-refractivity contribution in [2.24, 2.45) is 0 Å². The van der Waals surface area contributed by atoms with Gasteiger partial charge in [0.1, 0.15) is 18.3 Å². The number of aliphatic hydroxyl groups excluding tert-OH is 1. The van der Waals surface area contributed by atoms with Gasteiger partial charge in [0.05, 0.1) is 32.6 Å². The highest BCUT2D eigenvalue weighted by molar-refractivity contribution is 5.16. The minimum Gasteiger partial charge on any atom is -0.388 e. The third kappa shape index (κ3) is 7.10. The van der Waals surface area contributed by atoms with Crippen LogP contribution < -0.4 is 0 Å². The summed E-state index contributed by atoms with van der Waals surface area (Å²) < 4.78 is 18.4. The topological polar surface area (TPSA) is 76.6 Å². The minimum atomic E-state index is -0.914. The fourth-order valence-corrected chi connectivity index (χ4v) is 3.69. The van der Waals surface area contributed by atoms with Crippen molar-refractivity contribution in [3.8, 4) is 0 Å². The van der Waals surface area contributed by atoms with Crippen molar-refractivity contribution in [2.75, 3.05) is 6.61 Å². The molecule has 0 bridgehead atoms. The number of aromatic nitrogens is 2. The Morgan fingerprint density at radius 3 is 1.76 bits per heavy atom. The second-order valence-corrected chi connectivity index (χ2v) is 8.08. The van der Waals surface area contributed by atoms with Crippen molar-refractivity contribution >= 4 is 0 Å². The molecule has 2 N–H and O–H groups in total. The van der Waals surface area contributed by atoms with Gasteiger partial charge in [0.15, 0.2) is 0 Å².